The number of H-pyrrole nitrogens is 1. The number of carbonyl (C=O) groups is 1. The van der Waals surface area contributed by atoms with E-state index >= 15 is 0 Å². The van der Waals surface area contributed by atoms with Crippen LogP contribution in [0.2, 0.25) is 0 Å². The smallest absolute Gasteiger partial charge is 0.309 e. The summed E-state index contributed by atoms with van der Waals surface area (Å²) in [6, 6.07) is 1.10. The van der Waals surface area contributed by atoms with Crippen LogP contribution in [0.4, 0.5) is 4.39 Å². The van der Waals surface area contributed by atoms with Gasteiger partial charge in [-0.3, -0.25) is 4.79 Å². The number of carbonyl (C=O) groups excluding carboxylic acids is 1. The van der Waals surface area contributed by atoms with Crippen molar-refractivity contribution in [2.45, 2.75) is 6.92 Å². The van der Waals surface area contributed by atoms with Crippen LogP contribution >= 0.6 is 0 Å². The molecule has 0 aliphatic carbocycles. The largest absolute Gasteiger partial charge is 0.410 e. The number of hydrogen-bond donors (Lipinski definition) is 1. The Labute approximate surface area is 56.8 Å². The average Bonchev–Trinajstić information content (AvgIpc) is 2.13. The molecule has 0 aliphatic heterocycles. The molecule has 3 nitrogen and oxygen atoms in total. The molecule has 0 saturated heterocycles. The van der Waals surface area contributed by atoms with Crippen molar-refractivity contribution < 1.29 is 13.9 Å². The van der Waals surface area contributed by atoms with Crippen molar-refractivity contribution in [3.63, 3.8) is 0 Å². The van der Waals surface area contributed by atoms with Crippen LogP contribution in [0.1, 0.15) is 6.92 Å². The lowest BCUT2D eigenvalue weighted by molar-refractivity contribution is -0.132. The van der Waals surface area contributed by atoms with Crippen molar-refractivity contribution >= 4 is 5.97 Å². The van der Waals surface area contributed by atoms with Gasteiger partial charge in [0.15, 0.2) is 0 Å². The third-order valence-electron chi connectivity index (χ3n) is 0.875. The van der Waals surface area contributed by atoms with Crippen molar-refractivity contribution in [3.05, 3.63) is 18.1 Å². The summed E-state index contributed by atoms with van der Waals surface area (Å²) in [7, 11) is 0. The van der Waals surface area contributed by atoms with E-state index in [2.05, 4.69) is 9.72 Å². The number of aromatic amines is 1. The summed E-state index contributed by atoms with van der Waals surface area (Å²) in [4.78, 5) is 12.7. The van der Waals surface area contributed by atoms with E-state index in [1.54, 1.807) is 0 Å². The molecule has 4 heteroatoms. The third-order valence-corrected chi connectivity index (χ3v) is 0.875. The maximum atomic E-state index is 12.2. The maximum absolute atomic E-state index is 12.2. The Kier molecular flexibility index (Phi) is 1.71. The van der Waals surface area contributed by atoms with E-state index in [0.717, 1.165) is 12.3 Å². The van der Waals surface area contributed by atoms with Gasteiger partial charge in [-0.2, -0.15) is 0 Å². The van der Waals surface area contributed by atoms with E-state index < -0.39 is 11.8 Å². The van der Waals surface area contributed by atoms with Crippen molar-refractivity contribution in [2.75, 3.05) is 0 Å². The van der Waals surface area contributed by atoms with Crippen LogP contribution in [0.25, 0.3) is 0 Å². The van der Waals surface area contributed by atoms with Crippen molar-refractivity contribution in [1.82, 2.24) is 4.98 Å². The molecular formula is C6H6FNO2. The molecule has 0 atom stereocenters. The molecule has 1 aromatic heterocycles. The van der Waals surface area contributed by atoms with E-state index in [9.17, 15) is 9.18 Å². The first-order valence-corrected chi connectivity index (χ1v) is 2.71. The number of ether oxygens (including phenoxy) is 1. The fourth-order valence-corrected chi connectivity index (χ4v) is 0.562. The molecule has 1 N–H and O–H groups in total. The van der Waals surface area contributed by atoms with E-state index in [1.807, 2.05) is 0 Å². The molecule has 1 rings (SSSR count). The van der Waals surface area contributed by atoms with Gasteiger partial charge < -0.3 is 9.72 Å². The second-order valence-corrected chi connectivity index (χ2v) is 1.78. The zero-order valence-corrected chi connectivity index (χ0v) is 5.35. The summed E-state index contributed by atoms with van der Waals surface area (Å²) in [5.74, 6) is -0.789. The number of halogens is 1. The molecule has 0 radical (unpaired) electrons. The SMILES string of the molecule is CC(=O)Oc1cc(F)c[nH]1. The summed E-state index contributed by atoms with van der Waals surface area (Å²) >= 11 is 0. The van der Waals surface area contributed by atoms with Crippen LogP contribution in [0.3, 0.4) is 0 Å². The Morgan fingerprint density at radius 3 is 2.90 bits per heavy atom. The fourth-order valence-electron chi connectivity index (χ4n) is 0.562. The summed E-state index contributed by atoms with van der Waals surface area (Å²) < 4.78 is 16.7. The predicted molar refractivity (Wildman–Crippen MR) is 32.1 cm³/mol. The van der Waals surface area contributed by atoms with Gasteiger partial charge in [-0.25, -0.2) is 4.39 Å². The van der Waals surface area contributed by atoms with E-state index in [4.69, 9.17) is 0 Å². The predicted octanol–water partition coefficient (Wildman–Crippen LogP) is 1.08. The molecule has 0 aromatic carbocycles. The Balaban J connectivity index is 2.67. The second-order valence-electron chi connectivity index (χ2n) is 1.78. The normalized spacial score (nSPS) is 9.40. The van der Waals surface area contributed by atoms with Gasteiger partial charge in [0, 0.05) is 19.2 Å². The molecule has 0 bridgehead atoms. The highest BCUT2D eigenvalue weighted by Crippen LogP contribution is 2.08. The van der Waals surface area contributed by atoms with E-state index in [0.29, 0.717) is 0 Å². The molecule has 1 aromatic rings. The van der Waals surface area contributed by atoms with Gasteiger partial charge in [0.1, 0.15) is 5.82 Å². The van der Waals surface area contributed by atoms with Gasteiger partial charge >= 0.3 is 5.97 Å². The standard InChI is InChI=1S/C6H6FNO2/c1-4(9)10-6-2-5(7)3-8-6/h2-3,8H,1H3. The van der Waals surface area contributed by atoms with Gasteiger partial charge in [-0.15, -0.1) is 0 Å². The summed E-state index contributed by atoms with van der Waals surface area (Å²) in [6.07, 6.45) is 1.11. The molecule has 1 heterocycles. The van der Waals surface area contributed by atoms with Crippen LogP contribution in [-0.4, -0.2) is 11.0 Å². The van der Waals surface area contributed by atoms with E-state index in [-0.39, 0.29) is 5.88 Å². The minimum Gasteiger partial charge on any atom is -0.410 e. The van der Waals surface area contributed by atoms with Crippen molar-refractivity contribution in [3.8, 4) is 5.88 Å². The quantitative estimate of drug-likeness (QED) is 0.597. The number of esters is 1. The highest BCUT2D eigenvalue weighted by atomic mass is 19.1. The van der Waals surface area contributed by atoms with Crippen LogP contribution in [0.5, 0.6) is 5.88 Å². The van der Waals surface area contributed by atoms with Gasteiger partial charge in [0.05, 0.1) is 0 Å². The van der Waals surface area contributed by atoms with Gasteiger partial charge in [0.25, 0.3) is 0 Å². The number of hydrogen-bond acceptors (Lipinski definition) is 2. The lowest BCUT2D eigenvalue weighted by Crippen LogP contribution is -2.00. The summed E-state index contributed by atoms with van der Waals surface area (Å²) in [6.45, 7) is 1.25. The molecule has 0 fully saturated rings. The molecule has 0 unspecified atom stereocenters. The second kappa shape index (κ2) is 2.51. The van der Waals surface area contributed by atoms with Crippen LogP contribution in [0, 0.1) is 5.82 Å². The van der Waals surface area contributed by atoms with Gasteiger partial charge in [-0.05, 0) is 0 Å². The van der Waals surface area contributed by atoms with Crippen molar-refractivity contribution in [1.29, 1.82) is 0 Å². The minimum absolute atomic E-state index is 0.130. The summed E-state index contributed by atoms with van der Waals surface area (Å²) in [5.41, 5.74) is 0. The molecule has 0 aliphatic rings. The van der Waals surface area contributed by atoms with Crippen molar-refractivity contribution in [2.24, 2.45) is 0 Å². The van der Waals surface area contributed by atoms with Gasteiger partial charge in [0.2, 0.25) is 5.88 Å². The Morgan fingerprint density at radius 1 is 1.80 bits per heavy atom. The van der Waals surface area contributed by atoms with E-state index in [1.165, 1.54) is 6.92 Å². The molecule has 0 saturated carbocycles. The van der Waals surface area contributed by atoms with Crippen LogP contribution < -0.4 is 4.74 Å². The molecule has 0 spiro atoms. The third kappa shape index (κ3) is 1.58. The summed E-state index contributed by atoms with van der Waals surface area (Å²) in [5, 5.41) is 0. The molecule has 10 heavy (non-hydrogen) atoms. The van der Waals surface area contributed by atoms with Crippen LogP contribution in [-0.2, 0) is 4.79 Å². The number of aromatic nitrogens is 1. The Bertz CT molecular complexity index is 244. The lowest BCUT2D eigenvalue weighted by Gasteiger charge is -1.92. The molecule has 54 valence electrons. The highest BCUT2D eigenvalue weighted by molar-refractivity contribution is 5.68. The number of rotatable bonds is 1. The van der Waals surface area contributed by atoms with Crippen LogP contribution in [0.15, 0.2) is 12.3 Å². The first kappa shape index (κ1) is 6.80. The average molecular weight is 143 g/mol. The Hall–Kier alpha value is -1.32. The zero-order chi connectivity index (χ0) is 7.56. The maximum Gasteiger partial charge on any atom is 0.309 e. The highest BCUT2D eigenvalue weighted by Gasteiger charge is 1.99. The minimum atomic E-state index is -0.471. The zero-order valence-electron chi connectivity index (χ0n) is 5.35. The monoisotopic (exact) mass is 143 g/mol. The molecule has 0 amide bonds. The first-order chi connectivity index (χ1) is 4.68. The fraction of sp³-hybridized carbons (Fsp3) is 0.167. The number of nitrogens with one attached hydrogen (secondary N) is 1. The topological polar surface area (TPSA) is 42.1 Å². The Morgan fingerprint density at radius 2 is 2.50 bits per heavy atom. The molecular weight excluding hydrogens is 137 g/mol. The van der Waals surface area contributed by atoms with Gasteiger partial charge in [-0.1, -0.05) is 0 Å². The lowest BCUT2D eigenvalue weighted by atomic mass is 10.6. The first-order valence-electron chi connectivity index (χ1n) is 2.71.